The number of rotatable bonds is 4. The van der Waals surface area contributed by atoms with Crippen molar-refractivity contribution >= 4 is 11.4 Å². The Bertz CT molecular complexity index is 651. The van der Waals surface area contributed by atoms with Crippen molar-refractivity contribution in [3.05, 3.63) is 54.1 Å². The zero-order chi connectivity index (χ0) is 14.4. The maximum absolute atomic E-state index is 5.97. The van der Waals surface area contributed by atoms with E-state index in [0.717, 1.165) is 28.1 Å². The molecular formula is C17H16N2O. The highest BCUT2D eigenvalue weighted by Crippen LogP contribution is 2.25. The molecule has 0 heterocycles. The molecule has 0 atom stereocenters. The lowest BCUT2D eigenvalue weighted by atomic mass is 10.0. The van der Waals surface area contributed by atoms with Crippen LogP contribution in [0.25, 0.3) is 11.1 Å². The predicted molar refractivity (Wildman–Crippen MR) is 83.3 cm³/mol. The Labute approximate surface area is 119 Å². The summed E-state index contributed by atoms with van der Waals surface area (Å²) < 4.78 is 0. The third-order valence-corrected chi connectivity index (χ3v) is 2.92. The van der Waals surface area contributed by atoms with Crippen molar-refractivity contribution in [2.45, 2.75) is 6.92 Å². The van der Waals surface area contributed by atoms with Crippen LogP contribution in [-0.4, -0.2) is 12.3 Å². The van der Waals surface area contributed by atoms with Gasteiger partial charge in [-0.2, -0.15) is 0 Å². The quantitative estimate of drug-likeness (QED) is 0.303. The zero-order valence-corrected chi connectivity index (χ0v) is 11.3. The smallest absolute Gasteiger partial charge is 0.177 e. The Balaban J connectivity index is 2.21. The lowest BCUT2D eigenvalue weighted by Gasteiger charge is -2.07. The van der Waals surface area contributed by atoms with Gasteiger partial charge >= 0.3 is 0 Å². The number of hydrogen-bond acceptors (Lipinski definition) is 3. The molecule has 0 spiro atoms. The molecule has 0 aliphatic carbocycles. The predicted octanol–water partition coefficient (Wildman–Crippen LogP) is 3.31. The molecule has 2 N–H and O–H groups in total. The van der Waals surface area contributed by atoms with E-state index in [1.165, 1.54) is 0 Å². The number of hydrogen-bond donors (Lipinski definition) is 1. The Morgan fingerprint density at radius 2 is 1.90 bits per heavy atom. The number of nitrogens with two attached hydrogens (primary N) is 1. The molecule has 0 aliphatic heterocycles. The zero-order valence-electron chi connectivity index (χ0n) is 11.3. The topological polar surface area (TPSA) is 47.6 Å². The minimum Gasteiger partial charge on any atom is -0.398 e. The third kappa shape index (κ3) is 3.18. The third-order valence-electron chi connectivity index (χ3n) is 2.92. The first-order valence-electron chi connectivity index (χ1n) is 6.27. The molecule has 0 saturated carbocycles. The average Bonchev–Trinajstić information content (AvgIpc) is 2.48. The van der Waals surface area contributed by atoms with Gasteiger partial charge in [-0.25, -0.2) is 0 Å². The number of terminal acetylenes is 1. The van der Waals surface area contributed by atoms with Crippen LogP contribution in [0.5, 0.6) is 0 Å². The number of nitrogen functional groups attached to an aromatic ring is 1. The first-order chi connectivity index (χ1) is 9.72. The summed E-state index contributed by atoms with van der Waals surface area (Å²) in [5.74, 6) is 2.37. The van der Waals surface area contributed by atoms with Gasteiger partial charge in [-0.1, -0.05) is 53.5 Å². The molecule has 3 heteroatoms. The number of para-hydroxylation sites is 1. The second kappa shape index (κ2) is 6.44. The van der Waals surface area contributed by atoms with E-state index in [4.69, 9.17) is 17.0 Å². The van der Waals surface area contributed by atoms with Crippen LogP contribution in [0, 0.1) is 12.3 Å². The van der Waals surface area contributed by atoms with E-state index in [2.05, 4.69) is 11.1 Å². The Morgan fingerprint density at radius 3 is 2.55 bits per heavy atom. The first-order valence-corrected chi connectivity index (χ1v) is 6.27. The van der Waals surface area contributed by atoms with E-state index in [0.29, 0.717) is 0 Å². The first kappa shape index (κ1) is 13.7. The van der Waals surface area contributed by atoms with Gasteiger partial charge in [0, 0.05) is 11.3 Å². The van der Waals surface area contributed by atoms with E-state index >= 15 is 0 Å². The minimum atomic E-state index is 0.177. The molecule has 100 valence electrons. The fourth-order valence-electron chi connectivity index (χ4n) is 1.87. The molecule has 0 unspecified atom stereocenters. The standard InChI is InChI=1S/C17H16N2O/c1-3-12-20-19-13(2)14-8-10-15(11-9-14)16-6-4-5-7-17(16)18/h1,4-11H,12,18H2,2H3/b19-13-. The molecule has 0 saturated heterocycles. The van der Waals surface area contributed by atoms with Gasteiger partial charge in [0.2, 0.25) is 0 Å². The Kier molecular flexibility index (Phi) is 4.41. The van der Waals surface area contributed by atoms with Crippen LogP contribution in [0.15, 0.2) is 53.7 Å². The summed E-state index contributed by atoms with van der Waals surface area (Å²) in [7, 11) is 0. The van der Waals surface area contributed by atoms with Crippen molar-refractivity contribution in [3.8, 4) is 23.5 Å². The number of oxime groups is 1. The van der Waals surface area contributed by atoms with Crippen LogP contribution >= 0.6 is 0 Å². The van der Waals surface area contributed by atoms with Crippen LogP contribution in [-0.2, 0) is 4.84 Å². The van der Waals surface area contributed by atoms with Crippen LogP contribution in [0.4, 0.5) is 5.69 Å². The van der Waals surface area contributed by atoms with Gasteiger partial charge in [0.25, 0.3) is 0 Å². The van der Waals surface area contributed by atoms with E-state index in [1.807, 2.05) is 55.5 Å². The molecule has 0 radical (unpaired) electrons. The van der Waals surface area contributed by atoms with Gasteiger partial charge in [0.05, 0.1) is 5.71 Å². The van der Waals surface area contributed by atoms with E-state index in [-0.39, 0.29) is 6.61 Å². The summed E-state index contributed by atoms with van der Waals surface area (Å²) in [4.78, 5) is 4.96. The largest absolute Gasteiger partial charge is 0.398 e. The van der Waals surface area contributed by atoms with Gasteiger partial charge < -0.3 is 10.6 Å². The van der Waals surface area contributed by atoms with Crippen molar-refractivity contribution in [3.63, 3.8) is 0 Å². The fraction of sp³-hybridized carbons (Fsp3) is 0.118. The summed E-state index contributed by atoms with van der Waals surface area (Å²) in [6, 6.07) is 15.8. The highest BCUT2D eigenvalue weighted by molar-refractivity contribution is 5.98. The summed E-state index contributed by atoms with van der Waals surface area (Å²) in [5, 5.41) is 3.95. The molecule has 0 bridgehead atoms. The van der Waals surface area contributed by atoms with Crippen LogP contribution in [0.3, 0.4) is 0 Å². The molecule has 2 rings (SSSR count). The van der Waals surface area contributed by atoms with Crippen molar-refractivity contribution in [2.24, 2.45) is 5.16 Å². The van der Waals surface area contributed by atoms with Gasteiger partial charge in [0.1, 0.15) is 0 Å². The van der Waals surface area contributed by atoms with Crippen LogP contribution in [0.2, 0.25) is 0 Å². The normalized spacial score (nSPS) is 10.9. The van der Waals surface area contributed by atoms with Crippen molar-refractivity contribution in [1.82, 2.24) is 0 Å². The van der Waals surface area contributed by atoms with E-state index < -0.39 is 0 Å². The van der Waals surface area contributed by atoms with Gasteiger partial charge in [-0.3, -0.25) is 0 Å². The summed E-state index contributed by atoms with van der Waals surface area (Å²) in [6.07, 6.45) is 5.10. The van der Waals surface area contributed by atoms with E-state index in [9.17, 15) is 0 Å². The molecule has 0 amide bonds. The van der Waals surface area contributed by atoms with Gasteiger partial charge in [-0.15, -0.1) is 6.42 Å². The Hall–Kier alpha value is -2.73. The molecule has 2 aromatic rings. The molecule has 0 aliphatic rings. The second-order valence-corrected chi connectivity index (χ2v) is 4.32. The van der Waals surface area contributed by atoms with Crippen molar-refractivity contribution in [2.75, 3.05) is 12.3 Å². The van der Waals surface area contributed by atoms with Crippen LogP contribution in [0.1, 0.15) is 12.5 Å². The molecular weight excluding hydrogens is 248 g/mol. The fourth-order valence-corrected chi connectivity index (χ4v) is 1.87. The molecule has 0 aromatic heterocycles. The minimum absolute atomic E-state index is 0.177. The van der Waals surface area contributed by atoms with Gasteiger partial charge in [-0.05, 0) is 24.1 Å². The van der Waals surface area contributed by atoms with Gasteiger partial charge in [0.15, 0.2) is 6.61 Å². The molecule has 2 aromatic carbocycles. The number of anilines is 1. The Morgan fingerprint density at radius 1 is 1.20 bits per heavy atom. The molecule has 0 fully saturated rings. The lowest BCUT2D eigenvalue weighted by Crippen LogP contribution is -1.97. The average molecular weight is 264 g/mol. The van der Waals surface area contributed by atoms with Crippen molar-refractivity contribution in [1.29, 1.82) is 0 Å². The van der Waals surface area contributed by atoms with E-state index in [1.54, 1.807) is 0 Å². The van der Waals surface area contributed by atoms with Crippen molar-refractivity contribution < 1.29 is 4.84 Å². The SMILES string of the molecule is C#CCO/N=C(/C)c1ccc(-c2ccccc2N)cc1. The summed E-state index contributed by atoms with van der Waals surface area (Å²) in [6.45, 7) is 2.05. The highest BCUT2D eigenvalue weighted by Gasteiger charge is 2.03. The maximum Gasteiger partial charge on any atom is 0.177 e. The summed E-state index contributed by atoms with van der Waals surface area (Å²) in [5.41, 5.74) is 10.6. The highest BCUT2D eigenvalue weighted by atomic mass is 16.6. The maximum atomic E-state index is 5.97. The number of nitrogens with zero attached hydrogens (tertiary/aromatic N) is 1. The van der Waals surface area contributed by atoms with Crippen LogP contribution < -0.4 is 5.73 Å². The monoisotopic (exact) mass is 264 g/mol. The summed E-state index contributed by atoms with van der Waals surface area (Å²) >= 11 is 0. The molecule has 3 nitrogen and oxygen atoms in total. The molecule has 20 heavy (non-hydrogen) atoms. The lowest BCUT2D eigenvalue weighted by molar-refractivity contribution is 0.180. The second-order valence-electron chi connectivity index (χ2n) is 4.32. The number of benzene rings is 2.